The molecule has 90 valence electrons. The summed E-state index contributed by atoms with van der Waals surface area (Å²) in [4.78, 5) is 7.98. The lowest BCUT2D eigenvalue weighted by Crippen LogP contribution is -1.98. The third kappa shape index (κ3) is 2.87. The highest BCUT2D eigenvalue weighted by Crippen LogP contribution is 2.23. The molecule has 0 aliphatic carbocycles. The second-order valence-electron chi connectivity index (χ2n) is 3.61. The van der Waals surface area contributed by atoms with E-state index in [1.807, 2.05) is 25.2 Å². The molecule has 6 heteroatoms. The van der Waals surface area contributed by atoms with E-state index in [0.717, 1.165) is 11.3 Å². The van der Waals surface area contributed by atoms with Gasteiger partial charge in [0.15, 0.2) is 6.19 Å². The molecule has 2 aromatic rings. The number of aromatic nitrogens is 2. The molecule has 0 aliphatic heterocycles. The molecule has 1 heterocycles. The summed E-state index contributed by atoms with van der Waals surface area (Å²) in [6, 6.07) is 7.18. The Hall–Kier alpha value is -2.32. The van der Waals surface area contributed by atoms with Crippen LogP contribution in [0.2, 0.25) is 5.02 Å². The summed E-state index contributed by atoms with van der Waals surface area (Å²) in [5, 5.41) is 14.8. The molecular weight excluding hydrogens is 250 g/mol. The van der Waals surface area contributed by atoms with Gasteiger partial charge >= 0.3 is 0 Å². The van der Waals surface area contributed by atoms with Crippen LogP contribution in [0.3, 0.4) is 0 Å². The predicted molar refractivity (Wildman–Crippen MR) is 70.7 cm³/mol. The standard InChI is InChI=1S/C12H10ClN5/c1-8-4-9(13)2-3-10(8)18-12-5-11(15-6-14)16-7-17-12/h2-5,7H,1H3,(H2,15,16,17,18). The van der Waals surface area contributed by atoms with Crippen molar-refractivity contribution in [3.63, 3.8) is 0 Å². The van der Waals surface area contributed by atoms with E-state index in [-0.39, 0.29) is 0 Å². The first-order valence-electron chi connectivity index (χ1n) is 5.19. The molecule has 0 radical (unpaired) electrons. The van der Waals surface area contributed by atoms with Crippen LogP contribution in [0.25, 0.3) is 0 Å². The van der Waals surface area contributed by atoms with Gasteiger partial charge in [-0.05, 0) is 30.7 Å². The Balaban J connectivity index is 2.23. The van der Waals surface area contributed by atoms with E-state index in [4.69, 9.17) is 16.9 Å². The van der Waals surface area contributed by atoms with Gasteiger partial charge in [-0.1, -0.05) is 11.6 Å². The number of anilines is 3. The van der Waals surface area contributed by atoms with Gasteiger partial charge in [-0.3, -0.25) is 5.32 Å². The summed E-state index contributed by atoms with van der Waals surface area (Å²) >= 11 is 5.89. The zero-order valence-corrected chi connectivity index (χ0v) is 10.4. The highest BCUT2D eigenvalue weighted by molar-refractivity contribution is 6.30. The highest BCUT2D eigenvalue weighted by atomic mass is 35.5. The van der Waals surface area contributed by atoms with Crippen LogP contribution in [-0.4, -0.2) is 9.97 Å². The number of rotatable bonds is 3. The van der Waals surface area contributed by atoms with E-state index < -0.39 is 0 Å². The van der Waals surface area contributed by atoms with E-state index in [1.165, 1.54) is 6.33 Å². The van der Waals surface area contributed by atoms with E-state index in [1.54, 1.807) is 12.1 Å². The largest absolute Gasteiger partial charge is 0.340 e. The first kappa shape index (κ1) is 12.1. The average molecular weight is 260 g/mol. The zero-order chi connectivity index (χ0) is 13.0. The molecule has 1 aromatic heterocycles. The van der Waals surface area contributed by atoms with Crippen molar-refractivity contribution in [2.45, 2.75) is 6.92 Å². The van der Waals surface area contributed by atoms with E-state index in [0.29, 0.717) is 16.7 Å². The average Bonchev–Trinajstić information content (AvgIpc) is 2.34. The maximum Gasteiger partial charge on any atom is 0.182 e. The number of hydrogen-bond donors (Lipinski definition) is 2. The highest BCUT2D eigenvalue weighted by Gasteiger charge is 2.02. The van der Waals surface area contributed by atoms with Crippen LogP contribution in [0.1, 0.15) is 5.56 Å². The minimum atomic E-state index is 0.446. The van der Waals surface area contributed by atoms with Gasteiger partial charge in [0, 0.05) is 16.8 Å². The molecule has 18 heavy (non-hydrogen) atoms. The summed E-state index contributed by atoms with van der Waals surface area (Å²) in [5.74, 6) is 1.05. The molecule has 0 spiro atoms. The Labute approximate surface area is 109 Å². The van der Waals surface area contributed by atoms with Crippen molar-refractivity contribution in [1.82, 2.24) is 9.97 Å². The molecule has 0 bridgehead atoms. The molecule has 0 fully saturated rings. The molecule has 0 atom stereocenters. The Morgan fingerprint density at radius 2 is 2.00 bits per heavy atom. The van der Waals surface area contributed by atoms with Crippen molar-refractivity contribution in [3.8, 4) is 6.19 Å². The smallest absolute Gasteiger partial charge is 0.182 e. The monoisotopic (exact) mass is 259 g/mol. The molecule has 1 aromatic carbocycles. The fraction of sp³-hybridized carbons (Fsp3) is 0.0833. The lowest BCUT2D eigenvalue weighted by atomic mass is 10.2. The molecule has 0 amide bonds. The lowest BCUT2D eigenvalue weighted by molar-refractivity contribution is 1.16. The van der Waals surface area contributed by atoms with Crippen LogP contribution in [0.4, 0.5) is 17.3 Å². The van der Waals surface area contributed by atoms with Gasteiger partial charge in [-0.2, -0.15) is 5.26 Å². The third-order valence-electron chi connectivity index (χ3n) is 2.30. The lowest BCUT2D eigenvalue weighted by Gasteiger charge is -2.09. The summed E-state index contributed by atoms with van der Waals surface area (Å²) in [5.41, 5.74) is 1.91. The van der Waals surface area contributed by atoms with Gasteiger partial charge in [-0.25, -0.2) is 9.97 Å². The van der Waals surface area contributed by atoms with E-state index in [2.05, 4.69) is 20.6 Å². The Morgan fingerprint density at radius 3 is 2.72 bits per heavy atom. The molecule has 0 saturated carbocycles. The Bertz CT molecular complexity index is 606. The minimum Gasteiger partial charge on any atom is -0.340 e. The fourth-order valence-electron chi connectivity index (χ4n) is 1.46. The SMILES string of the molecule is Cc1cc(Cl)ccc1Nc1cc(NC#N)ncn1. The van der Waals surface area contributed by atoms with Crippen LogP contribution in [0, 0.1) is 18.4 Å². The first-order chi connectivity index (χ1) is 8.69. The molecule has 2 rings (SSSR count). The molecule has 0 saturated heterocycles. The summed E-state index contributed by atoms with van der Waals surface area (Å²) in [7, 11) is 0. The Morgan fingerprint density at radius 1 is 1.22 bits per heavy atom. The number of aryl methyl sites for hydroxylation is 1. The van der Waals surface area contributed by atoms with Crippen molar-refractivity contribution >= 4 is 28.9 Å². The van der Waals surface area contributed by atoms with Crippen molar-refractivity contribution in [2.24, 2.45) is 0 Å². The van der Waals surface area contributed by atoms with Crippen molar-refractivity contribution < 1.29 is 0 Å². The number of nitrogens with one attached hydrogen (secondary N) is 2. The molecule has 5 nitrogen and oxygen atoms in total. The number of halogens is 1. The van der Waals surface area contributed by atoms with Crippen LogP contribution >= 0.6 is 11.6 Å². The molecule has 2 N–H and O–H groups in total. The maximum atomic E-state index is 8.52. The minimum absolute atomic E-state index is 0.446. The quantitative estimate of drug-likeness (QED) is 0.655. The van der Waals surface area contributed by atoms with Gasteiger partial charge in [0.05, 0.1) is 0 Å². The van der Waals surface area contributed by atoms with Crippen LogP contribution < -0.4 is 10.6 Å². The fourth-order valence-corrected chi connectivity index (χ4v) is 1.68. The summed E-state index contributed by atoms with van der Waals surface area (Å²) < 4.78 is 0. The maximum absolute atomic E-state index is 8.52. The van der Waals surface area contributed by atoms with Crippen molar-refractivity contribution in [3.05, 3.63) is 41.2 Å². The summed E-state index contributed by atoms with van der Waals surface area (Å²) in [6.45, 7) is 1.95. The van der Waals surface area contributed by atoms with E-state index >= 15 is 0 Å². The van der Waals surface area contributed by atoms with E-state index in [9.17, 15) is 0 Å². The van der Waals surface area contributed by atoms with Gasteiger partial charge in [0.1, 0.15) is 18.0 Å². The number of hydrogen-bond acceptors (Lipinski definition) is 5. The second kappa shape index (κ2) is 5.34. The Kier molecular flexibility index (Phi) is 3.60. The van der Waals surface area contributed by atoms with Crippen molar-refractivity contribution in [1.29, 1.82) is 5.26 Å². The number of nitrogens with zero attached hydrogens (tertiary/aromatic N) is 3. The molecule has 0 aliphatic rings. The van der Waals surface area contributed by atoms with Gasteiger partial charge in [0.2, 0.25) is 0 Å². The van der Waals surface area contributed by atoms with Crippen molar-refractivity contribution in [2.75, 3.05) is 10.6 Å². The normalized spacial score (nSPS) is 9.61. The van der Waals surface area contributed by atoms with Crippen LogP contribution in [0.15, 0.2) is 30.6 Å². The molecule has 0 unspecified atom stereocenters. The molecular formula is C12H10ClN5. The predicted octanol–water partition coefficient (Wildman–Crippen LogP) is 3.08. The topological polar surface area (TPSA) is 73.6 Å². The number of benzene rings is 1. The second-order valence-corrected chi connectivity index (χ2v) is 4.05. The van der Waals surface area contributed by atoms with Gasteiger partial charge in [-0.15, -0.1) is 0 Å². The zero-order valence-electron chi connectivity index (χ0n) is 9.61. The van der Waals surface area contributed by atoms with Gasteiger partial charge in [0.25, 0.3) is 0 Å². The third-order valence-corrected chi connectivity index (χ3v) is 2.54. The first-order valence-corrected chi connectivity index (χ1v) is 5.57. The van der Waals surface area contributed by atoms with Crippen LogP contribution in [-0.2, 0) is 0 Å². The van der Waals surface area contributed by atoms with Gasteiger partial charge < -0.3 is 5.32 Å². The number of nitriles is 1. The van der Waals surface area contributed by atoms with Crippen LogP contribution in [0.5, 0.6) is 0 Å². The summed E-state index contributed by atoms with van der Waals surface area (Å²) in [6.07, 6.45) is 3.19.